The third kappa shape index (κ3) is 9.00. The first-order valence-corrected chi connectivity index (χ1v) is 22.1. The number of rotatable bonds is 9. The van der Waals surface area contributed by atoms with Crippen molar-refractivity contribution in [2.45, 2.75) is 113 Å². The van der Waals surface area contributed by atoms with Crippen LogP contribution in [0.1, 0.15) is 90.8 Å². The second-order valence-electron chi connectivity index (χ2n) is 15.4. The number of ketones is 1. The van der Waals surface area contributed by atoms with Gasteiger partial charge in [-0.3, -0.25) is 9.78 Å². The molecule has 1 N–H and O–H groups in total. The molecule has 0 atom stereocenters. The van der Waals surface area contributed by atoms with Gasteiger partial charge in [0, 0.05) is 59.3 Å². The van der Waals surface area contributed by atoms with Crippen molar-refractivity contribution in [2.75, 3.05) is 0 Å². The number of aliphatic hydroxyl groups is 1. The quantitative estimate of drug-likeness (QED) is 0.0695. The van der Waals surface area contributed by atoms with E-state index in [0.29, 0.717) is 0 Å². The van der Waals surface area contributed by atoms with E-state index < -0.39 is 8.07 Å². The Hall–Kier alpha value is -2.63. The van der Waals surface area contributed by atoms with E-state index in [1.807, 2.05) is 45.2 Å². The van der Waals surface area contributed by atoms with Crippen LogP contribution < -0.4 is 5.19 Å². The average Bonchev–Trinajstić information content (AvgIpc) is 3.39. The van der Waals surface area contributed by atoms with Gasteiger partial charge < -0.3 is 5.11 Å². The van der Waals surface area contributed by atoms with E-state index in [9.17, 15) is 9.90 Å². The summed E-state index contributed by atoms with van der Waals surface area (Å²) in [5, 5.41) is 16.5. The number of nitrogens with zero attached hydrogens (tertiary/aromatic N) is 1. The summed E-state index contributed by atoms with van der Waals surface area (Å²) in [5.41, 5.74) is 6.25. The molecule has 0 fully saturated rings. The summed E-state index contributed by atoms with van der Waals surface area (Å²) < 4.78 is 2.73. The number of fused-ring (bicyclic) bond motifs is 4. The summed E-state index contributed by atoms with van der Waals surface area (Å²) >= 11 is 1.92. The van der Waals surface area contributed by atoms with Gasteiger partial charge in [-0.1, -0.05) is 114 Å². The first-order valence-electron chi connectivity index (χ1n) is 17.8. The van der Waals surface area contributed by atoms with Crippen molar-refractivity contribution in [2.24, 2.45) is 11.8 Å². The van der Waals surface area contributed by atoms with Gasteiger partial charge in [-0.2, -0.15) is 0 Å². The molecule has 0 aliphatic rings. The molecule has 1 radical (unpaired) electrons. The molecule has 0 unspecified atom stereocenters. The van der Waals surface area contributed by atoms with Crippen molar-refractivity contribution in [1.82, 2.24) is 4.98 Å². The molecule has 0 aliphatic heterocycles. The van der Waals surface area contributed by atoms with E-state index in [-0.39, 0.29) is 48.9 Å². The second-order valence-corrected chi connectivity index (χ2v) is 21.4. The number of carbonyl (C=O) groups excluding carboxylic acids is 1. The number of benzene rings is 3. The van der Waals surface area contributed by atoms with E-state index in [2.05, 4.69) is 103 Å². The van der Waals surface area contributed by atoms with Crippen molar-refractivity contribution in [1.29, 1.82) is 0 Å². The fraction of sp³-hybridized carbons (Fsp3) is 0.442. The fourth-order valence-corrected chi connectivity index (χ4v) is 11.4. The molecule has 0 saturated carbocycles. The summed E-state index contributed by atoms with van der Waals surface area (Å²) in [5.74, 6) is 0.547. The molecule has 265 valence electrons. The average molecular weight is 871 g/mol. The second kappa shape index (κ2) is 16.6. The molecule has 0 spiro atoms. The summed E-state index contributed by atoms with van der Waals surface area (Å²) in [6.07, 6.45) is 6.88. The molecule has 0 bridgehead atoms. The number of pyridine rings is 1. The van der Waals surface area contributed by atoms with Gasteiger partial charge in [0.1, 0.15) is 0 Å². The number of carbonyl (C=O) groups is 1. The van der Waals surface area contributed by atoms with Gasteiger partial charge in [-0.05, 0) is 67.0 Å². The smallest absolute Gasteiger partial charge is 0.162 e. The SMILES string of the molecule is CCC(CC)C(=O)/C=C(\O)C(CC)CC.Cc1ccc2[c-]c(-c3nccc4c3sc3c([Si](C)(C)C)c(C)ccc34)cc(C(C)(C)C)c2c1.[Ir]. The van der Waals surface area contributed by atoms with Gasteiger partial charge in [-0.15, -0.1) is 40.5 Å². The van der Waals surface area contributed by atoms with Crippen LogP contribution >= 0.6 is 11.3 Å². The summed E-state index contributed by atoms with van der Waals surface area (Å²) in [6, 6.07) is 19.6. The topological polar surface area (TPSA) is 50.2 Å². The number of aryl methyl sites for hydroxylation is 2. The van der Waals surface area contributed by atoms with Gasteiger partial charge in [-0.25, -0.2) is 0 Å². The Bertz CT molecular complexity index is 1950. The van der Waals surface area contributed by atoms with Crippen molar-refractivity contribution < 1.29 is 30.0 Å². The molecule has 2 aromatic heterocycles. The molecule has 2 heterocycles. The van der Waals surface area contributed by atoms with Crippen molar-refractivity contribution in [3.05, 3.63) is 83.3 Å². The van der Waals surface area contributed by atoms with Crippen LogP contribution in [0.4, 0.5) is 0 Å². The van der Waals surface area contributed by atoms with Gasteiger partial charge in [0.05, 0.1) is 13.8 Å². The van der Waals surface area contributed by atoms with Crippen LogP contribution in [0.2, 0.25) is 19.6 Å². The van der Waals surface area contributed by atoms with Crippen molar-refractivity contribution in [3.63, 3.8) is 0 Å². The number of aliphatic hydroxyl groups excluding tert-OH is 1. The monoisotopic (exact) mass is 871 g/mol. The zero-order chi connectivity index (χ0) is 35.6. The van der Waals surface area contributed by atoms with E-state index in [0.717, 1.165) is 36.9 Å². The normalized spacial score (nSPS) is 12.5. The van der Waals surface area contributed by atoms with E-state index in [1.54, 1.807) is 5.19 Å². The number of hydrogen-bond acceptors (Lipinski definition) is 4. The minimum atomic E-state index is -1.50. The first-order chi connectivity index (χ1) is 22.5. The van der Waals surface area contributed by atoms with Crippen molar-refractivity contribution in [3.8, 4) is 11.3 Å². The van der Waals surface area contributed by atoms with Crippen LogP contribution in [0.25, 0.3) is 42.2 Å². The third-order valence-electron chi connectivity index (χ3n) is 9.68. The minimum absolute atomic E-state index is 0. The zero-order valence-electron chi connectivity index (χ0n) is 31.7. The Morgan fingerprint density at radius 2 is 1.49 bits per heavy atom. The predicted molar refractivity (Wildman–Crippen MR) is 214 cm³/mol. The summed E-state index contributed by atoms with van der Waals surface area (Å²) in [6.45, 7) is 26.7. The summed E-state index contributed by atoms with van der Waals surface area (Å²) in [4.78, 5) is 16.6. The Labute approximate surface area is 314 Å². The molecular formula is C43H56IrNO2SSi-. The Morgan fingerprint density at radius 1 is 0.878 bits per heavy atom. The molecular weight excluding hydrogens is 815 g/mol. The maximum absolute atomic E-state index is 11.7. The maximum Gasteiger partial charge on any atom is 0.162 e. The number of hydrogen-bond donors (Lipinski definition) is 1. The molecule has 5 rings (SSSR count). The van der Waals surface area contributed by atoms with Gasteiger partial charge in [0.25, 0.3) is 0 Å². The standard InChI is InChI=1S/C30H32NSSi.C13H24O2.Ir/c1-18-9-11-20-16-21(17-25(24(20)15-18)30(3,4)5)26-27-23(13-14-31-26)22-12-10-19(2)29(28(22)32-27)33(6,7)8;1-5-10(6-2)12(14)9-13(15)11(7-3)8-4;/h9-15,17H,1-8H3;9-11,14H,5-8H2,1-4H3;/q-1;;/b;12-9-;. The molecule has 0 aliphatic carbocycles. The minimum Gasteiger partial charge on any atom is -0.512 e. The molecule has 3 nitrogen and oxygen atoms in total. The predicted octanol–water partition coefficient (Wildman–Crippen LogP) is 12.4. The van der Waals surface area contributed by atoms with Crippen LogP contribution in [0.15, 0.2) is 60.5 Å². The number of thiophene rings is 1. The van der Waals surface area contributed by atoms with Gasteiger partial charge in [0.2, 0.25) is 0 Å². The van der Waals surface area contributed by atoms with Gasteiger partial charge in [0.15, 0.2) is 5.78 Å². The van der Waals surface area contributed by atoms with Crippen LogP contribution in [0.3, 0.4) is 0 Å². The Morgan fingerprint density at radius 3 is 2.06 bits per heavy atom. The van der Waals surface area contributed by atoms with Crippen LogP contribution in [-0.2, 0) is 30.3 Å². The Balaban J connectivity index is 0.000000347. The number of aromatic nitrogens is 1. The molecule has 6 heteroatoms. The van der Waals surface area contributed by atoms with E-state index >= 15 is 0 Å². The zero-order valence-corrected chi connectivity index (χ0v) is 35.9. The van der Waals surface area contributed by atoms with E-state index in [1.165, 1.54) is 53.7 Å². The molecule has 5 aromatic rings. The number of allylic oxidation sites excluding steroid dienone is 2. The molecule has 49 heavy (non-hydrogen) atoms. The van der Waals surface area contributed by atoms with E-state index in [4.69, 9.17) is 4.98 Å². The van der Waals surface area contributed by atoms with Crippen LogP contribution in [-0.4, -0.2) is 23.9 Å². The van der Waals surface area contributed by atoms with Crippen LogP contribution in [0.5, 0.6) is 0 Å². The first kappa shape index (κ1) is 40.8. The summed E-state index contributed by atoms with van der Waals surface area (Å²) in [7, 11) is -1.50. The van der Waals surface area contributed by atoms with Crippen LogP contribution in [0, 0.1) is 31.7 Å². The third-order valence-corrected chi connectivity index (χ3v) is 13.3. The maximum atomic E-state index is 11.7. The van der Waals surface area contributed by atoms with Gasteiger partial charge >= 0.3 is 0 Å². The molecule has 3 aromatic carbocycles. The van der Waals surface area contributed by atoms with Crippen molar-refractivity contribution >= 4 is 61.3 Å². The fourth-order valence-electron chi connectivity index (χ4n) is 6.91. The largest absolute Gasteiger partial charge is 0.512 e. The Kier molecular flexibility index (Phi) is 13.8. The molecule has 0 amide bonds. The molecule has 0 saturated heterocycles.